The third-order valence-electron chi connectivity index (χ3n) is 2.67. The molecule has 1 aromatic rings. The minimum Gasteiger partial charge on any atom is -0.396 e. The molecule has 16 heavy (non-hydrogen) atoms. The molecular formula is C13H20FNO. The summed E-state index contributed by atoms with van der Waals surface area (Å²) < 4.78 is 13.5. The van der Waals surface area contributed by atoms with Gasteiger partial charge in [0.2, 0.25) is 0 Å². The smallest absolute Gasteiger partial charge is 0.127 e. The minimum absolute atomic E-state index is 0.155. The highest BCUT2D eigenvalue weighted by Gasteiger charge is 2.11. The molecule has 0 aromatic heterocycles. The van der Waals surface area contributed by atoms with E-state index in [1.54, 1.807) is 6.07 Å². The van der Waals surface area contributed by atoms with E-state index >= 15 is 0 Å². The molecule has 0 aliphatic rings. The molecule has 0 saturated heterocycles. The topological polar surface area (TPSA) is 23.5 Å². The Balaban J connectivity index is 2.64. The van der Waals surface area contributed by atoms with Crippen molar-refractivity contribution in [2.45, 2.75) is 32.9 Å². The fourth-order valence-corrected chi connectivity index (χ4v) is 1.64. The Morgan fingerprint density at radius 2 is 2.00 bits per heavy atom. The molecule has 2 nitrogen and oxygen atoms in total. The van der Waals surface area contributed by atoms with Crippen LogP contribution in [0.5, 0.6) is 0 Å². The van der Waals surface area contributed by atoms with Crippen LogP contribution in [0.25, 0.3) is 0 Å². The molecule has 0 bridgehead atoms. The zero-order valence-electron chi connectivity index (χ0n) is 9.99. The SMILES string of the molecule is CC(C)N(CCCO)Cc1ccccc1F. The van der Waals surface area contributed by atoms with E-state index in [-0.39, 0.29) is 12.4 Å². The lowest BCUT2D eigenvalue weighted by Gasteiger charge is -2.26. The number of hydrogen-bond acceptors (Lipinski definition) is 2. The highest BCUT2D eigenvalue weighted by Crippen LogP contribution is 2.12. The van der Waals surface area contributed by atoms with Gasteiger partial charge in [-0.05, 0) is 26.3 Å². The van der Waals surface area contributed by atoms with Crippen LogP contribution in [-0.2, 0) is 6.54 Å². The Morgan fingerprint density at radius 1 is 1.31 bits per heavy atom. The fraction of sp³-hybridized carbons (Fsp3) is 0.538. The molecule has 0 saturated carbocycles. The lowest BCUT2D eigenvalue weighted by Crippen LogP contribution is -2.32. The van der Waals surface area contributed by atoms with Gasteiger partial charge in [-0.2, -0.15) is 0 Å². The normalized spacial score (nSPS) is 11.4. The van der Waals surface area contributed by atoms with Crippen LogP contribution in [0, 0.1) is 5.82 Å². The maximum absolute atomic E-state index is 13.5. The first-order valence-corrected chi connectivity index (χ1v) is 5.73. The predicted molar refractivity (Wildman–Crippen MR) is 63.6 cm³/mol. The molecule has 0 radical (unpaired) electrons. The first-order valence-electron chi connectivity index (χ1n) is 5.73. The Kier molecular flexibility index (Phi) is 5.43. The summed E-state index contributed by atoms with van der Waals surface area (Å²) >= 11 is 0. The van der Waals surface area contributed by atoms with Gasteiger partial charge in [0.25, 0.3) is 0 Å². The maximum atomic E-state index is 13.5. The van der Waals surface area contributed by atoms with E-state index < -0.39 is 0 Å². The number of rotatable bonds is 6. The van der Waals surface area contributed by atoms with Gasteiger partial charge in [-0.25, -0.2) is 4.39 Å². The molecule has 0 amide bonds. The van der Waals surface area contributed by atoms with Crippen molar-refractivity contribution in [3.8, 4) is 0 Å². The van der Waals surface area contributed by atoms with Crippen LogP contribution in [0.3, 0.4) is 0 Å². The van der Waals surface area contributed by atoms with Crippen LogP contribution in [0.4, 0.5) is 4.39 Å². The van der Waals surface area contributed by atoms with E-state index in [9.17, 15) is 4.39 Å². The van der Waals surface area contributed by atoms with Crippen LogP contribution in [0.2, 0.25) is 0 Å². The molecule has 3 heteroatoms. The maximum Gasteiger partial charge on any atom is 0.127 e. The quantitative estimate of drug-likeness (QED) is 0.803. The van der Waals surface area contributed by atoms with E-state index in [2.05, 4.69) is 18.7 Å². The average molecular weight is 225 g/mol. The molecule has 90 valence electrons. The molecular weight excluding hydrogens is 205 g/mol. The lowest BCUT2D eigenvalue weighted by atomic mass is 10.1. The second kappa shape index (κ2) is 6.61. The first kappa shape index (κ1) is 13.1. The molecule has 0 aliphatic heterocycles. The lowest BCUT2D eigenvalue weighted by molar-refractivity contribution is 0.183. The van der Waals surface area contributed by atoms with Gasteiger partial charge in [0.05, 0.1) is 0 Å². The summed E-state index contributed by atoms with van der Waals surface area (Å²) in [6.07, 6.45) is 0.729. The molecule has 1 rings (SSSR count). The second-order valence-electron chi connectivity index (χ2n) is 4.23. The number of halogens is 1. The van der Waals surface area contributed by atoms with Crippen LogP contribution >= 0.6 is 0 Å². The Hall–Kier alpha value is -0.930. The van der Waals surface area contributed by atoms with Crippen molar-refractivity contribution in [1.82, 2.24) is 4.90 Å². The minimum atomic E-state index is -0.155. The zero-order chi connectivity index (χ0) is 12.0. The fourth-order valence-electron chi connectivity index (χ4n) is 1.64. The Morgan fingerprint density at radius 3 is 2.56 bits per heavy atom. The van der Waals surface area contributed by atoms with E-state index in [0.717, 1.165) is 13.0 Å². The number of nitrogens with zero attached hydrogens (tertiary/aromatic N) is 1. The van der Waals surface area contributed by atoms with Crippen LogP contribution in [0.1, 0.15) is 25.8 Å². The standard InChI is InChI=1S/C13H20FNO/c1-11(2)15(8-5-9-16)10-12-6-3-4-7-13(12)14/h3-4,6-7,11,16H,5,8-10H2,1-2H3. The summed E-state index contributed by atoms with van der Waals surface area (Å²) in [6, 6.07) is 7.20. The van der Waals surface area contributed by atoms with Crippen molar-refractivity contribution in [3.63, 3.8) is 0 Å². The van der Waals surface area contributed by atoms with Crippen LogP contribution < -0.4 is 0 Å². The van der Waals surface area contributed by atoms with Crippen molar-refractivity contribution in [2.24, 2.45) is 0 Å². The van der Waals surface area contributed by atoms with Gasteiger partial charge in [0, 0.05) is 31.3 Å². The van der Waals surface area contributed by atoms with Gasteiger partial charge < -0.3 is 5.11 Å². The van der Waals surface area contributed by atoms with Crippen molar-refractivity contribution >= 4 is 0 Å². The van der Waals surface area contributed by atoms with Gasteiger partial charge >= 0.3 is 0 Å². The Labute approximate surface area is 96.7 Å². The Bertz CT molecular complexity index is 315. The van der Waals surface area contributed by atoms with E-state index in [0.29, 0.717) is 18.2 Å². The summed E-state index contributed by atoms with van der Waals surface area (Å²) in [7, 11) is 0. The molecule has 0 aliphatic carbocycles. The number of aliphatic hydroxyl groups is 1. The van der Waals surface area contributed by atoms with Gasteiger partial charge in [0.15, 0.2) is 0 Å². The third-order valence-corrected chi connectivity index (χ3v) is 2.67. The van der Waals surface area contributed by atoms with Crippen LogP contribution in [-0.4, -0.2) is 29.2 Å². The van der Waals surface area contributed by atoms with Crippen molar-refractivity contribution in [3.05, 3.63) is 35.6 Å². The molecule has 0 spiro atoms. The summed E-state index contributed by atoms with van der Waals surface area (Å²) in [5.74, 6) is -0.155. The van der Waals surface area contributed by atoms with Crippen molar-refractivity contribution in [2.75, 3.05) is 13.2 Å². The molecule has 1 N–H and O–H groups in total. The van der Waals surface area contributed by atoms with Gasteiger partial charge in [-0.3, -0.25) is 4.90 Å². The molecule has 0 unspecified atom stereocenters. The largest absolute Gasteiger partial charge is 0.396 e. The summed E-state index contributed by atoms with van der Waals surface area (Å²) in [6.45, 7) is 5.74. The first-order chi connectivity index (χ1) is 7.65. The monoisotopic (exact) mass is 225 g/mol. The molecule has 0 atom stereocenters. The number of aliphatic hydroxyl groups excluding tert-OH is 1. The highest BCUT2D eigenvalue weighted by molar-refractivity contribution is 5.17. The average Bonchev–Trinajstić information content (AvgIpc) is 2.26. The molecule has 1 aromatic carbocycles. The summed E-state index contributed by atoms with van der Waals surface area (Å²) in [5.41, 5.74) is 0.717. The van der Waals surface area contributed by atoms with Crippen molar-refractivity contribution < 1.29 is 9.50 Å². The van der Waals surface area contributed by atoms with Crippen molar-refractivity contribution in [1.29, 1.82) is 0 Å². The zero-order valence-corrected chi connectivity index (χ0v) is 9.99. The summed E-state index contributed by atoms with van der Waals surface area (Å²) in [4.78, 5) is 2.16. The third kappa shape index (κ3) is 3.91. The molecule has 0 fully saturated rings. The molecule has 0 heterocycles. The van der Waals surface area contributed by atoms with Gasteiger partial charge in [-0.1, -0.05) is 18.2 Å². The van der Waals surface area contributed by atoms with E-state index in [1.165, 1.54) is 6.07 Å². The number of hydrogen-bond donors (Lipinski definition) is 1. The van der Waals surface area contributed by atoms with E-state index in [1.807, 2.05) is 12.1 Å². The highest BCUT2D eigenvalue weighted by atomic mass is 19.1. The van der Waals surface area contributed by atoms with Gasteiger partial charge in [-0.15, -0.1) is 0 Å². The van der Waals surface area contributed by atoms with Crippen LogP contribution in [0.15, 0.2) is 24.3 Å². The number of benzene rings is 1. The van der Waals surface area contributed by atoms with Gasteiger partial charge in [0.1, 0.15) is 5.82 Å². The summed E-state index contributed by atoms with van der Waals surface area (Å²) in [5, 5.41) is 8.82. The predicted octanol–water partition coefficient (Wildman–Crippen LogP) is 2.42. The second-order valence-corrected chi connectivity index (χ2v) is 4.23. The van der Waals surface area contributed by atoms with E-state index in [4.69, 9.17) is 5.11 Å².